The van der Waals surface area contributed by atoms with Crippen LogP contribution in [0, 0.1) is 20.2 Å². The Morgan fingerprint density at radius 1 is 0.947 bits per heavy atom. The summed E-state index contributed by atoms with van der Waals surface area (Å²) in [5, 5.41) is 25.5. The normalized spacial score (nSPS) is 12.3. The predicted octanol–water partition coefficient (Wildman–Crippen LogP) is 5.48. The third-order valence-corrected chi connectivity index (χ3v) is 6.53. The molecule has 0 aliphatic carbocycles. The maximum atomic E-state index is 12.1. The lowest BCUT2D eigenvalue weighted by Crippen LogP contribution is -2.26. The summed E-state index contributed by atoms with van der Waals surface area (Å²) in [6, 6.07) is 17.8. The van der Waals surface area contributed by atoms with Crippen LogP contribution in [0.3, 0.4) is 0 Å². The van der Waals surface area contributed by atoms with E-state index < -0.39 is 29.0 Å². The third kappa shape index (κ3) is 9.73. The standard InChI is InChI=1S/C25H29N3O9S/c29-25(26-15-5-1-2-10-20(37-28(32)33)18-35-27(30)31)34-16-14-23(24-13-7-17-38-24)36-22-12-6-9-19-8-3-4-11-21(19)22/h3-4,6-9,11-13,17,20,23H,1-2,5,10,14-16,18H2,(H,26,29)/t20-,23-/m0/s1. The summed E-state index contributed by atoms with van der Waals surface area (Å²) in [6.07, 6.45) is 0.552. The number of rotatable bonds is 17. The Bertz CT molecular complexity index is 1170. The van der Waals surface area contributed by atoms with E-state index >= 15 is 0 Å². The van der Waals surface area contributed by atoms with Gasteiger partial charge < -0.3 is 24.5 Å². The van der Waals surface area contributed by atoms with Crippen LogP contribution in [-0.4, -0.2) is 42.1 Å². The number of carbonyl (C=O) groups excluding carboxylic acids is 1. The number of ether oxygens (including phenoxy) is 2. The molecule has 12 nitrogen and oxygen atoms in total. The largest absolute Gasteiger partial charge is 0.484 e. The lowest BCUT2D eigenvalue weighted by Gasteiger charge is -2.19. The quantitative estimate of drug-likeness (QED) is 0.131. The molecule has 0 fully saturated rings. The van der Waals surface area contributed by atoms with E-state index in [-0.39, 0.29) is 19.1 Å². The molecule has 13 heteroatoms. The number of benzene rings is 2. The van der Waals surface area contributed by atoms with Crippen LogP contribution in [0.4, 0.5) is 4.79 Å². The van der Waals surface area contributed by atoms with Crippen LogP contribution in [-0.2, 0) is 14.4 Å². The first-order chi connectivity index (χ1) is 18.4. The number of thiophene rings is 1. The molecule has 1 aromatic heterocycles. The number of nitrogens with zero attached hydrogens (tertiary/aromatic N) is 2. The first-order valence-corrected chi connectivity index (χ1v) is 13.0. The second kappa shape index (κ2) is 15.2. The van der Waals surface area contributed by atoms with Gasteiger partial charge in [0.1, 0.15) is 24.6 Å². The highest BCUT2D eigenvalue weighted by molar-refractivity contribution is 7.10. The maximum absolute atomic E-state index is 12.1. The van der Waals surface area contributed by atoms with E-state index in [1.807, 2.05) is 60.0 Å². The van der Waals surface area contributed by atoms with E-state index in [4.69, 9.17) is 9.47 Å². The molecule has 204 valence electrons. The van der Waals surface area contributed by atoms with E-state index in [0.717, 1.165) is 21.4 Å². The SMILES string of the molecule is O=C(NCCCCC[C@@H](CO[N+](=O)[O-])O[N+](=O)[O-])OCC[C@H](Oc1cccc2ccccc12)c1cccs1. The number of unbranched alkanes of at least 4 members (excludes halogenated alkanes) is 2. The Balaban J connectivity index is 1.37. The van der Waals surface area contributed by atoms with E-state index in [1.54, 1.807) is 11.3 Å². The molecule has 0 bridgehead atoms. The van der Waals surface area contributed by atoms with Gasteiger partial charge in [-0.1, -0.05) is 55.3 Å². The highest BCUT2D eigenvalue weighted by Gasteiger charge is 2.18. The fourth-order valence-corrected chi connectivity index (χ4v) is 4.58. The van der Waals surface area contributed by atoms with Crippen molar-refractivity contribution in [2.24, 2.45) is 0 Å². The molecule has 1 N–H and O–H groups in total. The van der Waals surface area contributed by atoms with Crippen LogP contribution in [0.15, 0.2) is 60.0 Å². The molecule has 0 unspecified atom stereocenters. The number of hydrogen-bond acceptors (Lipinski definition) is 10. The summed E-state index contributed by atoms with van der Waals surface area (Å²) < 4.78 is 11.7. The zero-order chi connectivity index (χ0) is 27.2. The average molecular weight is 548 g/mol. The molecule has 3 rings (SSSR count). The van der Waals surface area contributed by atoms with Crippen molar-refractivity contribution in [3.63, 3.8) is 0 Å². The van der Waals surface area contributed by atoms with Crippen LogP contribution >= 0.6 is 11.3 Å². The van der Waals surface area contributed by atoms with Gasteiger partial charge in [0, 0.05) is 23.2 Å². The summed E-state index contributed by atoms with van der Waals surface area (Å²) in [7, 11) is 0. The minimum Gasteiger partial charge on any atom is -0.484 e. The molecule has 1 amide bonds. The van der Waals surface area contributed by atoms with Gasteiger partial charge in [-0.2, -0.15) is 0 Å². The van der Waals surface area contributed by atoms with Crippen LogP contribution < -0.4 is 10.1 Å². The first-order valence-electron chi connectivity index (χ1n) is 12.1. The number of nitrogens with one attached hydrogen (secondary N) is 1. The Morgan fingerprint density at radius 3 is 2.53 bits per heavy atom. The molecule has 2 atom stereocenters. The fraction of sp³-hybridized carbons (Fsp3) is 0.400. The van der Waals surface area contributed by atoms with Crippen molar-refractivity contribution in [2.45, 2.75) is 44.3 Å². The summed E-state index contributed by atoms with van der Waals surface area (Å²) in [6.45, 7) is -0.00337. The molecule has 0 spiro atoms. The van der Waals surface area contributed by atoms with E-state index in [9.17, 15) is 25.0 Å². The summed E-state index contributed by atoms with van der Waals surface area (Å²) in [5.41, 5.74) is 0. The van der Waals surface area contributed by atoms with Crippen molar-refractivity contribution in [1.29, 1.82) is 0 Å². The topological polar surface area (TPSA) is 152 Å². The molecular weight excluding hydrogens is 518 g/mol. The van der Waals surface area contributed by atoms with Crippen molar-refractivity contribution >= 4 is 28.2 Å². The monoisotopic (exact) mass is 547 g/mol. The molecule has 0 aliphatic heterocycles. The van der Waals surface area contributed by atoms with Gasteiger partial charge in [-0.05, 0) is 35.7 Å². The second-order valence-electron chi connectivity index (χ2n) is 8.27. The molecule has 38 heavy (non-hydrogen) atoms. The second-order valence-corrected chi connectivity index (χ2v) is 9.25. The molecule has 0 radical (unpaired) electrons. The number of fused-ring (bicyclic) bond motifs is 1. The zero-order valence-corrected chi connectivity index (χ0v) is 21.4. The van der Waals surface area contributed by atoms with Crippen LogP contribution in [0.25, 0.3) is 10.8 Å². The minimum absolute atomic E-state index is 0.162. The van der Waals surface area contributed by atoms with Gasteiger partial charge in [-0.15, -0.1) is 31.6 Å². The summed E-state index contributed by atoms with van der Waals surface area (Å²) >= 11 is 1.58. The third-order valence-electron chi connectivity index (χ3n) is 5.57. The minimum atomic E-state index is -1.03. The fourth-order valence-electron chi connectivity index (χ4n) is 3.79. The molecular formula is C25H29N3O9S. The molecule has 3 aromatic rings. The van der Waals surface area contributed by atoms with E-state index in [1.165, 1.54) is 0 Å². The molecule has 0 saturated heterocycles. The Hall–Kier alpha value is -4.13. The average Bonchev–Trinajstić information content (AvgIpc) is 3.43. The smallest absolute Gasteiger partial charge is 0.407 e. The van der Waals surface area contributed by atoms with E-state index in [2.05, 4.69) is 15.0 Å². The highest BCUT2D eigenvalue weighted by Crippen LogP contribution is 2.32. The van der Waals surface area contributed by atoms with Crippen molar-refractivity contribution in [1.82, 2.24) is 5.32 Å². The zero-order valence-electron chi connectivity index (χ0n) is 20.6. The Morgan fingerprint density at radius 2 is 1.76 bits per heavy atom. The Labute approximate surface area is 222 Å². The van der Waals surface area contributed by atoms with Crippen LogP contribution in [0.5, 0.6) is 5.75 Å². The van der Waals surface area contributed by atoms with Gasteiger partial charge in [0.15, 0.2) is 0 Å². The number of hydrogen-bond donors (Lipinski definition) is 1. The highest BCUT2D eigenvalue weighted by atomic mass is 32.1. The lowest BCUT2D eigenvalue weighted by molar-refractivity contribution is -0.790. The molecule has 2 aromatic carbocycles. The van der Waals surface area contributed by atoms with Crippen molar-refractivity contribution < 1.29 is 34.1 Å². The van der Waals surface area contributed by atoms with Gasteiger partial charge in [-0.3, -0.25) is 0 Å². The Kier molecular flexibility index (Phi) is 11.4. The number of carbonyl (C=O) groups is 1. The lowest BCUT2D eigenvalue weighted by atomic mass is 10.1. The predicted molar refractivity (Wildman–Crippen MR) is 139 cm³/mol. The molecule has 1 heterocycles. The van der Waals surface area contributed by atoms with Crippen molar-refractivity contribution in [3.8, 4) is 5.75 Å². The van der Waals surface area contributed by atoms with E-state index in [0.29, 0.717) is 32.2 Å². The van der Waals surface area contributed by atoms with Gasteiger partial charge in [-0.25, -0.2) is 4.79 Å². The van der Waals surface area contributed by atoms with Crippen LogP contribution in [0.1, 0.15) is 43.1 Å². The molecule has 0 saturated carbocycles. The first kappa shape index (κ1) is 28.4. The van der Waals surface area contributed by atoms with Gasteiger partial charge >= 0.3 is 6.09 Å². The van der Waals surface area contributed by atoms with Crippen molar-refractivity contribution in [2.75, 3.05) is 19.8 Å². The van der Waals surface area contributed by atoms with Gasteiger partial charge in [0.05, 0.1) is 6.61 Å². The molecule has 0 aliphatic rings. The van der Waals surface area contributed by atoms with Crippen LogP contribution in [0.2, 0.25) is 0 Å². The number of amides is 1. The number of alkyl carbamates (subject to hydrolysis) is 1. The summed E-state index contributed by atoms with van der Waals surface area (Å²) in [5.74, 6) is 0.766. The summed E-state index contributed by atoms with van der Waals surface area (Å²) in [4.78, 5) is 42.4. The van der Waals surface area contributed by atoms with Gasteiger partial charge in [0.2, 0.25) is 0 Å². The maximum Gasteiger partial charge on any atom is 0.407 e. The van der Waals surface area contributed by atoms with Gasteiger partial charge in [0.25, 0.3) is 10.2 Å². The van der Waals surface area contributed by atoms with Crippen molar-refractivity contribution in [3.05, 3.63) is 85.1 Å².